The van der Waals surface area contributed by atoms with Gasteiger partial charge in [-0.3, -0.25) is 0 Å². The fourth-order valence-electron chi connectivity index (χ4n) is 1.37. The lowest BCUT2D eigenvalue weighted by molar-refractivity contribution is 0.415. The Kier molecular flexibility index (Phi) is 2.14. The summed E-state index contributed by atoms with van der Waals surface area (Å²) >= 11 is 0. The Balaban J connectivity index is 2.41. The molecule has 0 radical (unpaired) electrons. The van der Waals surface area contributed by atoms with E-state index in [2.05, 4.69) is 4.98 Å². The highest BCUT2D eigenvalue weighted by Gasteiger charge is 2.00. The third-order valence-corrected chi connectivity index (χ3v) is 2.09. The summed E-state index contributed by atoms with van der Waals surface area (Å²) in [4.78, 5) is 3.07. The minimum absolute atomic E-state index is 0.669. The van der Waals surface area contributed by atoms with Crippen molar-refractivity contribution in [2.45, 2.75) is 0 Å². The van der Waals surface area contributed by atoms with E-state index in [0.717, 1.165) is 17.0 Å². The van der Waals surface area contributed by atoms with Gasteiger partial charge in [-0.05, 0) is 24.3 Å². The van der Waals surface area contributed by atoms with Crippen molar-refractivity contribution in [3.05, 3.63) is 36.4 Å². The van der Waals surface area contributed by atoms with Gasteiger partial charge in [0, 0.05) is 11.3 Å². The van der Waals surface area contributed by atoms with Crippen molar-refractivity contribution in [1.82, 2.24) is 4.98 Å². The van der Waals surface area contributed by atoms with Crippen LogP contribution in [0.4, 0.5) is 5.82 Å². The first-order chi connectivity index (χ1) is 6.79. The smallest absolute Gasteiger partial charge is 0.119 e. The van der Waals surface area contributed by atoms with E-state index < -0.39 is 0 Å². The van der Waals surface area contributed by atoms with Crippen molar-refractivity contribution >= 4 is 5.82 Å². The van der Waals surface area contributed by atoms with Crippen molar-refractivity contribution in [1.29, 1.82) is 0 Å². The second-order valence-electron chi connectivity index (χ2n) is 3.06. The highest BCUT2D eigenvalue weighted by Crippen LogP contribution is 2.23. The zero-order chi connectivity index (χ0) is 9.97. The Bertz CT molecular complexity index is 434. The van der Waals surface area contributed by atoms with E-state index in [9.17, 15) is 0 Å². The number of hydrogen-bond acceptors (Lipinski definition) is 2. The van der Waals surface area contributed by atoms with Gasteiger partial charge in [-0.25, -0.2) is 0 Å². The number of H-pyrrole nitrogens is 1. The van der Waals surface area contributed by atoms with E-state index >= 15 is 0 Å². The number of aromatic amines is 1. The molecule has 0 saturated carbocycles. The standard InChI is InChI=1S/C11H12N2O/c1-14-9-4-2-3-8(7-9)10-5-6-11(12)13-10/h2-7,13H,12H2,1H3. The fraction of sp³-hybridized carbons (Fsp3) is 0.0909. The van der Waals surface area contributed by atoms with Gasteiger partial charge >= 0.3 is 0 Å². The molecule has 3 N–H and O–H groups in total. The van der Waals surface area contributed by atoms with Gasteiger partial charge < -0.3 is 15.5 Å². The van der Waals surface area contributed by atoms with Crippen LogP contribution in [0.1, 0.15) is 0 Å². The van der Waals surface area contributed by atoms with Crippen molar-refractivity contribution in [2.24, 2.45) is 0 Å². The van der Waals surface area contributed by atoms with Crippen molar-refractivity contribution in [2.75, 3.05) is 12.8 Å². The average molecular weight is 188 g/mol. The van der Waals surface area contributed by atoms with Crippen LogP contribution in [0.3, 0.4) is 0 Å². The summed E-state index contributed by atoms with van der Waals surface area (Å²) in [5.74, 6) is 1.51. The first kappa shape index (κ1) is 8.69. The van der Waals surface area contributed by atoms with Crippen LogP contribution in [0, 0.1) is 0 Å². The Morgan fingerprint density at radius 1 is 1.21 bits per heavy atom. The molecule has 1 aromatic carbocycles. The number of nitrogen functional groups attached to an aromatic ring is 1. The molecule has 0 aliphatic carbocycles. The lowest BCUT2D eigenvalue weighted by atomic mass is 10.1. The normalized spacial score (nSPS) is 10.1. The molecule has 0 spiro atoms. The predicted molar refractivity (Wildman–Crippen MR) is 57.2 cm³/mol. The molecule has 72 valence electrons. The topological polar surface area (TPSA) is 51.0 Å². The molecule has 0 aliphatic rings. The molecular formula is C11H12N2O. The van der Waals surface area contributed by atoms with Gasteiger partial charge in [0.05, 0.1) is 7.11 Å². The Labute approximate surface area is 82.5 Å². The van der Waals surface area contributed by atoms with Gasteiger partial charge in [0.15, 0.2) is 0 Å². The zero-order valence-electron chi connectivity index (χ0n) is 7.95. The maximum atomic E-state index is 5.60. The second-order valence-corrected chi connectivity index (χ2v) is 3.06. The molecule has 3 heteroatoms. The lowest BCUT2D eigenvalue weighted by Gasteiger charge is -2.02. The molecule has 2 rings (SSSR count). The molecule has 0 unspecified atom stereocenters. The summed E-state index contributed by atoms with van der Waals surface area (Å²) in [5.41, 5.74) is 7.67. The largest absolute Gasteiger partial charge is 0.497 e. The summed E-state index contributed by atoms with van der Waals surface area (Å²) in [6, 6.07) is 11.6. The van der Waals surface area contributed by atoms with Crippen LogP contribution in [0.2, 0.25) is 0 Å². The molecule has 0 fully saturated rings. The fourth-order valence-corrected chi connectivity index (χ4v) is 1.37. The van der Waals surface area contributed by atoms with E-state index in [1.807, 2.05) is 36.4 Å². The summed E-state index contributed by atoms with van der Waals surface area (Å²) in [6.07, 6.45) is 0. The predicted octanol–water partition coefficient (Wildman–Crippen LogP) is 2.27. The number of ether oxygens (including phenoxy) is 1. The van der Waals surface area contributed by atoms with Crippen LogP contribution >= 0.6 is 0 Å². The van der Waals surface area contributed by atoms with Crippen molar-refractivity contribution in [3.8, 4) is 17.0 Å². The summed E-state index contributed by atoms with van der Waals surface area (Å²) in [6.45, 7) is 0. The monoisotopic (exact) mass is 188 g/mol. The summed E-state index contributed by atoms with van der Waals surface area (Å²) in [5, 5.41) is 0. The van der Waals surface area contributed by atoms with Gasteiger partial charge in [-0.15, -0.1) is 0 Å². The zero-order valence-corrected chi connectivity index (χ0v) is 7.95. The van der Waals surface area contributed by atoms with E-state index in [1.54, 1.807) is 7.11 Å². The molecule has 0 bridgehead atoms. The Morgan fingerprint density at radius 2 is 2.07 bits per heavy atom. The van der Waals surface area contributed by atoms with Gasteiger partial charge in [0.2, 0.25) is 0 Å². The van der Waals surface area contributed by atoms with Crippen LogP contribution in [-0.2, 0) is 0 Å². The molecule has 0 atom stereocenters. The molecule has 1 heterocycles. The molecule has 0 amide bonds. The molecular weight excluding hydrogens is 176 g/mol. The molecule has 1 aromatic heterocycles. The van der Waals surface area contributed by atoms with Gasteiger partial charge in [0.1, 0.15) is 11.6 Å². The molecule has 2 aromatic rings. The minimum Gasteiger partial charge on any atom is -0.497 e. The summed E-state index contributed by atoms with van der Waals surface area (Å²) < 4.78 is 5.14. The van der Waals surface area contributed by atoms with Crippen molar-refractivity contribution in [3.63, 3.8) is 0 Å². The lowest BCUT2D eigenvalue weighted by Crippen LogP contribution is -1.85. The first-order valence-corrected chi connectivity index (χ1v) is 4.38. The highest BCUT2D eigenvalue weighted by atomic mass is 16.5. The molecule has 14 heavy (non-hydrogen) atoms. The van der Waals surface area contributed by atoms with Gasteiger partial charge in [0.25, 0.3) is 0 Å². The van der Waals surface area contributed by atoms with Crippen LogP contribution in [0.25, 0.3) is 11.3 Å². The average Bonchev–Trinajstić information content (AvgIpc) is 2.65. The minimum atomic E-state index is 0.669. The quantitative estimate of drug-likeness (QED) is 0.759. The van der Waals surface area contributed by atoms with E-state index in [0.29, 0.717) is 5.82 Å². The second kappa shape index (κ2) is 3.46. The SMILES string of the molecule is COc1cccc(-c2ccc(N)[nH]2)c1. The number of nitrogens with one attached hydrogen (secondary N) is 1. The van der Waals surface area contributed by atoms with Crippen LogP contribution in [0.5, 0.6) is 5.75 Å². The van der Waals surface area contributed by atoms with Gasteiger partial charge in [-0.2, -0.15) is 0 Å². The van der Waals surface area contributed by atoms with Crippen LogP contribution in [0.15, 0.2) is 36.4 Å². The first-order valence-electron chi connectivity index (χ1n) is 4.38. The number of methoxy groups -OCH3 is 1. The highest BCUT2D eigenvalue weighted by molar-refractivity contribution is 5.63. The number of rotatable bonds is 2. The maximum absolute atomic E-state index is 5.60. The molecule has 0 saturated heterocycles. The number of benzene rings is 1. The van der Waals surface area contributed by atoms with Crippen LogP contribution in [-0.4, -0.2) is 12.1 Å². The molecule has 3 nitrogen and oxygen atoms in total. The van der Waals surface area contributed by atoms with E-state index in [-0.39, 0.29) is 0 Å². The molecule has 0 aliphatic heterocycles. The third kappa shape index (κ3) is 1.57. The van der Waals surface area contributed by atoms with Crippen LogP contribution < -0.4 is 10.5 Å². The Morgan fingerprint density at radius 3 is 2.71 bits per heavy atom. The number of hydrogen-bond donors (Lipinski definition) is 2. The number of nitrogens with two attached hydrogens (primary N) is 1. The Hall–Kier alpha value is -1.90. The van der Waals surface area contributed by atoms with E-state index in [1.165, 1.54) is 0 Å². The van der Waals surface area contributed by atoms with E-state index in [4.69, 9.17) is 10.5 Å². The summed E-state index contributed by atoms with van der Waals surface area (Å²) in [7, 11) is 1.65. The van der Waals surface area contributed by atoms with Crippen molar-refractivity contribution < 1.29 is 4.74 Å². The van der Waals surface area contributed by atoms with Gasteiger partial charge in [-0.1, -0.05) is 12.1 Å². The maximum Gasteiger partial charge on any atom is 0.119 e. The number of aromatic nitrogens is 1. The third-order valence-electron chi connectivity index (χ3n) is 2.09. The number of anilines is 1.